The van der Waals surface area contributed by atoms with E-state index in [-0.39, 0.29) is 37.9 Å². The molecule has 0 atom stereocenters. The first-order chi connectivity index (χ1) is 1.41. The van der Waals surface area contributed by atoms with E-state index in [2.05, 4.69) is 0 Å². The second kappa shape index (κ2) is 21.0. The molecule has 5 heavy (non-hydrogen) atoms. The summed E-state index contributed by atoms with van der Waals surface area (Å²) >= 11 is 0. The van der Waals surface area contributed by atoms with E-state index in [1.54, 1.807) is 6.92 Å². The molecule has 0 radical (unpaired) electrons. The summed E-state index contributed by atoms with van der Waals surface area (Å²) < 4.78 is 0. The fraction of sp³-hybridized carbons (Fsp3) is 1.00. The van der Waals surface area contributed by atoms with E-state index in [1.807, 2.05) is 0 Å². The molecule has 0 bridgehead atoms. The quantitative estimate of drug-likeness (QED) is 0.292. The van der Waals surface area contributed by atoms with Crippen LogP contribution in [0.25, 0.3) is 0 Å². The summed E-state index contributed by atoms with van der Waals surface area (Å²) in [5.74, 6) is 0. The third-order valence-corrected chi connectivity index (χ3v) is 0. The summed E-state index contributed by atoms with van der Waals surface area (Å²) in [5.41, 5.74) is 0. The van der Waals surface area contributed by atoms with Crippen molar-refractivity contribution in [2.24, 2.45) is 0 Å². The number of aliphatic hydroxyl groups excluding tert-OH is 1. The molecule has 0 rings (SSSR count). The fourth-order valence-corrected chi connectivity index (χ4v) is 0. The molecule has 0 amide bonds. The normalized spacial score (nSPS) is 3.60. The Labute approximate surface area is 50.3 Å². The topological polar surface area (TPSA) is 20.2 Å². The van der Waals surface area contributed by atoms with E-state index in [0.717, 1.165) is 0 Å². The van der Waals surface area contributed by atoms with Gasteiger partial charge in [-0.25, -0.2) is 0 Å². The molecular formula is C2H6ClLiO. The maximum absolute atomic E-state index is 7.57. The molecule has 0 saturated heterocycles. The van der Waals surface area contributed by atoms with Crippen molar-refractivity contribution in [2.45, 2.75) is 6.92 Å². The SMILES string of the molecule is CCO.[Cl-].[Li+]. The fourth-order valence-electron chi connectivity index (χ4n) is 0. The summed E-state index contributed by atoms with van der Waals surface area (Å²) in [6.07, 6.45) is 0. The predicted octanol–water partition coefficient (Wildman–Crippen LogP) is -5.99. The zero-order valence-electron chi connectivity index (χ0n) is 3.53. The van der Waals surface area contributed by atoms with Crippen molar-refractivity contribution in [1.29, 1.82) is 0 Å². The van der Waals surface area contributed by atoms with E-state index in [1.165, 1.54) is 0 Å². The smallest absolute Gasteiger partial charge is 1.00 e. The van der Waals surface area contributed by atoms with Crippen LogP contribution in [0.3, 0.4) is 0 Å². The van der Waals surface area contributed by atoms with E-state index >= 15 is 0 Å². The van der Waals surface area contributed by atoms with Gasteiger partial charge in [-0.3, -0.25) is 0 Å². The Morgan fingerprint density at radius 2 is 1.60 bits per heavy atom. The molecule has 0 aromatic rings. The standard InChI is InChI=1S/C2H6O.ClH.Li/c1-2-3;;/h3H,2H2,1H3;1H;/q;;+1/p-1. The van der Waals surface area contributed by atoms with Gasteiger partial charge >= 0.3 is 18.9 Å². The molecule has 0 fully saturated rings. The van der Waals surface area contributed by atoms with Crippen molar-refractivity contribution in [3.63, 3.8) is 0 Å². The summed E-state index contributed by atoms with van der Waals surface area (Å²) in [6.45, 7) is 1.93. The summed E-state index contributed by atoms with van der Waals surface area (Å²) in [5, 5.41) is 7.57. The van der Waals surface area contributed by atoms with Crippen LogP contribution in [0, 0.1) is 0 Å². The van der Waals surface area contributed by atoms with Crippen molar-refractivity contribution in [3.8, 4) is 0 Å². The van der Waals surface area contributed by atoms with Crippen LogP contribution in [0.4, 0.5) is 0 Å². The van der Waals surface area contributed by atoms with Crippen LogP contribution >= 0.6 is 0 Å². The number of halogens is 1. The van der Waals surface area contributed by atoms with Crippen molar-refractivity contribution in [3.05, 3.63) is 0 Å². The third kappa shape index (κ3) is 54.7. The summed E-state index contributed by atoms with van der Waals surface area (Å²) in [4.78, 5) is 0. The molecule has 1 nitrogen and oxygen atoms in total. The number of rotatable bonds is 0. The van der Waals surface area contributed by atoms with Crippen molar-refractivity contribution < 1.29 is 36.4 Å². The Hall–Kier alpha value is 0.847. The summed E-state index contributed by atoms with van der Waals surface area (Å²) in [7, 11) is 0. The van der Waals surface area contributed by atoms with Gasteiger partial charge in [0.2, 0.25) is 0 Å². The molecule has 0 aliphatic rings. The second-order valence-electron chi connectivity index (χ2n) is 0.316. The average Bonchev–Trinajstić information content (AvgIpc) is 0.918. The number of hydrogen-bond donors (Lipinski definition) is 1. The molecule has 0 heterocycles. The summed E-state index contributed by atoms with van der Waals surface area (Å²) in [6, 6.07) is 0. The molecule has 0 unspecified atom stereocenters. The zero-order valence-corrected chi connectivity index (χ0v) is 4.29. The van der Waals surface area contributed by atoms with E-state index in [0.29, 0.717) is 0 Å². The molecule has 0 saturated carbocycles. The molecule has 0 aromatic carbocycles. The van der Waals surface area contributed by atoms with E-state index < -0.39 is 0 Å². The van der Waals surface area contributed by atoms with Gasteiger partial charge < -0.3 is 17.5 Å². The van der Waals surface area contributed by atoms with Gasteiger partial charge in [0.25, 0.3) is 0 Å². The van der Waals surface area contributed by atoms with Crippen LogP contribution in [0.5, 0.6) is 0 Å². The second-order valence-corrected chi connectivity index (χ2v) is 0.316. The van der Waals surface area contributed by atoms with Crippen LogP contribution in [0.15, 0.2) is 0 Å². The molecule has 0 aromatic heterocycles. The van der Waals surface area contributed by atoms with Crippen LogP contribution in [0.2, 0.25) is 0 Å². The third-order valence-electron chi connectivity index (χ3n) is 0. The molecule has 0 aliphatic carbocycles. The predicted molar refractivity (Wildman–Crippen MR) is 12.8 cm³/mol. The minimum absolute atomic E-state index is 0. The largest absolute Gasteiger partial charge is 1.00 e. The maximum atomic E-state index is 7.57. The van der Waals surface area contributed by atoms with E-state index in [4.69, 9.17) is 5.11 Å². The Balaban J connectivity index is -0.0000000200. The van der Waals surface area contributed by atoms with Crippen molar-refractivity contribution in [2.75, 3.05) is 6.61 Å². The molecule has 3 heteroatoms. The van der Waals surface area contributed by atoms with Crippen LogP contribution in [0.1, 0.15) is 6.92 Å². The van der Waals surface area contributed by atoms with Gasteiger partial charge in [-0.15, -0.1) is 0 Å². The van der Waals surface area contributed by atoms with Crippen LogP contribution in [-0.2, 0) is 0 Å². The Morgan fingerprint density at radius 3 is 1.60 bits per heavy atom. The van der Waals surface area contributed by atoms with Crippen molar-refractivity contribution in [1.82, 2.24) is 0 Å². The first-order valence-electron chi connectivity index (χ1n) is 1.02. The van der Waals surface area contributed by atoms with Gasteiger partial charge in [0.15, 0.2) is 0 Å². The van der Waals surface area contributed by atoms with Crippen LogP contribution in [-0.4, -0.2) is 11.7 Å². The molecule has 0 spiro atoms. The zero-order chi connectivity index (χ0) is 2.71. The number of aliphatic hydroxyl groups is 1. The average molecular weight is 88.5 g/mol. The van der Waals surface area contributed by atoms with Gasteiger partial charge in [0.05, 0.1) is 0 Å². The Kier molecular flexibility index (Phi) is 71.3. The minimum atomic E-state index is 0. The van der Waals surface area contributed by atoms with Gasteiger partial charge in [-0.2, -0.15) is 0 Å². The van der Waals surface area contributed by atoms with Gasteiger partial charge in [0, 0.05) is 6.61 Å². The Bertz CT molecular complexity index is 9.61. The number of hydrogen-bond acceptors (Lipinski definition) is 1. The van der Waals surface area contributed by atoms with E-state index in [9.17, 15) is 0 Å². The minimum Gasteiger partial charge on any atom is -1.00 e. The molecule has 28 valence electrons. The van der Waals surface area contributed by atoms with Crippen LogP contribution < -0.4 is 31.3 Å². The first kappa shape index (κ1) is 16.9. The van der Waals surface area contributed by atoms with Crippen molar-refractivity contribution >= 4 is 0 Å². The maximum Gasteiger partial charge on any atom is 1.00 e. The monoisotopic (exact) mass is 88.0 g/mol. The molecule has 0 aliphatic heterocycles. The van der Waals surface area contributed by atoms with Gasteiger partial charge in [0.1, 0.15) is 0 Å². The van der Waals surface area contributed by atoms with Gasteiger partial charge in [-0.05, 0) is 6.92 Å². The first-order valence-corrected chi connectivity index (χ1v) is 1.02. The molecule has 1 N–H and O–H groups in total. The van der Waals surface area contributed by atoms with Gasteiger partial charge in [-0.1, -0.05) is 0 Å². The Morgan fingerprint density at radius 1 is 1.60 bits per heavy atom. The molecular weight excluding hydrogens is 82.4 g/mol.